The van der Waals surface area contributed by atoms with E-state index >= 15 is 0 Å². The van der Waals surface area contributed by atoms with Crippen molar-refractivity contribution < 1.29 is 9.53 Å². The Bertz CT molecular complexity index is 933. The normalized spacial score (nSPS) is 10.6. The molecule has 2 aromatic carbocycles. The van der Waals surface area contributed by atoms with Crippen LogP contribution in [0.1, 0.15) is 11.1 Å². The second-order valence-corrected chi connectivity index (χ2v) is 7.06. The Morgan fingerprint density at radius 2 is 1.81 bits per heavy atom. The predicted octanol–water partition coefficient (Wildman–Crippen LogP) is 3.02. The van der Waals surface area contributed by atoms with Crippen LogP contribution in [0.4, 0.5) is 5.69 Å². The topological polar surface area (TPSA) is 95.1 Å². The predicted molar refractivity (Wildman–Crippen MR) is 107 cm³/mol. The summed E-state index contributed by atoms with van der Waals surface area (Å²) < 4.78 is 6.53. The second kappa shape index (κ2) is 8.13. The number of aromatic nitrogens is 3. The monoisotopic (exact) mass is 383 g/mol. The number of carbonyl (C=O) groups excluding carboxylic acids is 1. The van der Waals surface area contributed by atoms with Crippen molar-refractivity contribution in [2.45, 2.75) is 19.0 Å². The largest absolute Gasteiger partial charge is 0.497 e. The first-order chi connectivity index (χ1) is 13.0. The molecule has 3 aromatic rings. The zero-order valence-corrected chi connectivity index (χ0v) is 16.2. The van der Waals surface area contributed by atoms with Crippen LogP contribution in [0.5, 0.6) is 5.75 Å². The van der Waals surface area contributed by atoms with Crippen LogP contribution >= 0.6 is 11.8 Å². The molecule has 0 saturated heterocycles. The van der Waals surface area contributed by atoms with Crippen molar-refractivity contribution in [1.82, 2.24) is 14.9 Å². The molecule has 0 aliphatic heterocycles. The number of rotatable bonds is 6. The molecular weight excluding hydrogens is 362 g/mol. The summed E-state index contributed by atoms with van der Waals surface area (Å²) in [6.45, 7) is 3.99. The summed E-state index contributed by atoms with van der Waals surface area (Å²) in [4.78, 5) is 12.2. The lowest BCUT2D eigenvalue weighted by molar-refractivity contribution is -0.113. The van der Waals surface area contributed by atoms with Gasteiger partial charge in [0.1, 0.15) is 5.75 Å². The van der Waals surface area contributed by atoms with Crippen LogP contribution in [-0.2, 0) is 4.79 Å². The highest BCUT2D eigenvalue weighted by Gasteiger charge is 2.14. The third-order valence-electron chi connectivity index (χ3n) is 3.85. The molecule has 27 heavy (non-hydrogen) atoms. The fraction of sp³-hybridized carbons (Fsp3) is 0.211. The minimum Gasteiger partial charge on any atom is -0.497 e. The number of ether oxygens (including phenoxy) is 1. The summed E-state index contributed by atoms with van der Waals surface area (Å²) in [7, 11) is 1.61. The Morgan fingerprint density at radius 3 is 2.44 bits per heavy atom. The van der Waals surface area contributed by atoms with Crippen LogP contribution in [0, 0.1) is 13.8 Å². The fourth-order valence-corrected chi connectivity index (χ4v) is 3.34. The zero-order valence-electron chi connectivity index (χ0n) is 15.4. The highest BCUT2D eigenvalue weighted by atomic mass is 32.2. The number of amides is 1. The van der Waals surface area contributed by atoms with E-state index in [9.17, 15) is 4.79 Å². The van der Waals surface area contributed by atoms with Gasteiger partial charge in [0, 0.05) is 11.3 Å². The van der Waals surface area contributed by atoms with Crippen LogP contribution in [0.3, 0.4) is 0 Å². The maximum absolute atomic E-state index is 12.2. The molecule has 0 aliphatic rings. The highest BCUT2D eigenvalue weighted by molar-refractivity contribution is 7.99. The van der Waals surface area contributed by atoms with Gasteiger partial charge in [0.25, 0.3) is 0 Å². The number of aryl methyl sites for hydroxylation is 2. The highest BCUT2D eigenvalue weighted by Crippen LogP contribution is 2.23. The minimum atomic E-state index is -0.126. The number of hydrogen-bond donors (Lipinski definition) is 2. The molecule has 0 radical (unpaired) electrons. The molecule has 140 valence electrons. The molecule has 0 saturated carbocycles. The summed E-state index contributed by atoms with van der Waals surface area (Å²) in [5.41, 5.74) is 3.80. The Balaban J connectivity index is 1.64. The van der Waals surface area contributed by atoms with E-state index in [0.717, 1.165) is 28.1 Å². The molecule has 0 fully saturated rings. The minimum absolute atomic E-state index is 0.126. The van der Waals surface area contributed by atoms with E-state index in [2.05, 4.69) is 21.6 Å². The quantitative estimate of drug-likeness (QED) is 0.502. The van der Waals surface area contributed by atoms with Gasteiger partial charge >= 0.3 is 0 Å². The van der Waals surface area contributed by atoms with Crippen molar-refractivity contribution in [3.63, 3.8) is 0 Å². The Morgan fingerprint density at radius 1 is 1.15 bits per heavy atom. The number of nitrogens with one attached hydrogen (secondary N) is 1. The fourth-order valence-electron chi connectivity index (χ4n) is 2.69. The molecular formula is C19H21N5O2S. The lowest BCUT2D eigenvalue weighted by Gasteiger charge is -2.07. The van der Waals surface area contributed by atoms with E-state index < -0.39 is 0 Å². The first kappa shape index (κ1) is 18.8. The van der Waals surface area contributed by atoms with E-state index in [-0.39, 0.29) is 11.7 Å². The number of benzene rings is 2. The van der Waals surface area contributed by atoms with Crippen molar-refractivity contribution in [3.05, 3.63) is 53.6 Å². The number of nitrogens with two attached hydrogens (primary N) is 1. The summed E-state index contributed by atoms with van der Waals surface area (Å²) in [5.74, 6) is 7.42. The van der Waals surface area contributed by atoms with Gasteiger partial charge in [-0.3, -0.25) is 4.79 Å². The van der Waals surface area contributed by atoms with E-state index in [1.165, 1.54) is 16.4 Å². The smallest absolute Gasteiger partial charge is 0.234 e. The molecule has 0 spiro atoms. The molecule has 3 N–H and O–H groups in total. The van der Waals surface area contributed by atoms with E-state index in [0.29, 0.717) is 11.0 Å². The van der Waals surface area contributed by atoms with Gasteiger partial charge in [-0.05, 0) is 61.4 Å². The number of anilines is 1. The van der Waals surface area contributed by atoms with Gasteiger partial charge in [0.05, 0.1) is 12.9 Å². The maximum atomic E-state index is 12.2. The average molecular weight is 383 g/mol. The Hall–Kier alpha value is -3.00. The molecule has 1 amide bonds. The van der Waals surface area contributed by atoms with Crippen molar-refractivity contribution >= 4 is 23.4 Å². The molecule has 1 aromatic heterocycles. The van der Waals surface area contributed by atoms with Gasteiger partial charge in [-0.15, -0.1) is 10.2 Å². The van der Waals surface area contributed by atoms with E-state index in [1.807, 2.05) is 50.2 Å². The van der Waals surface area contributed by atoms with Gasteiger partial charge in [-0.1, -0.05) is 17.8 Å². The number of carbonyl (C=O) groups is 1. The van der Waals surface area contributed by atoms with Crippen molar-refractivity contribution in [1.29, 1.82) is 0 Å². The van der Waals surface area contributed by atoms with Crippen LogP contribution < -0.4 is 15.9 Å². The first-order valence-corrected chi connectivity index (χ1v) is 9.30. The molecule has 8 heteroatoms. The summed E-state index contributed by atoms with van der Waals surface area (Å²) >= 11 is 1.23. The van der Waals surface area contributed by atoms with Gasteiger partial charge in [-0.2, -0.15) is 0 Å². The number of methoxy groups -OCH3 is 1. The summed E-state index contributed by atoms with van der Waals surface area (Å²) in [6, 6.07) is 13.3. The molecule has 0 atom stereocenters. The van der Waals surface area contributed by atoms with Crippen LogP contribution in [0.2, 0.25) is 0 Å². The Kier molecular flexibility index (Phi) is 5.66. The van der Waals surface area contributed by atoms with Gasteiger partial charge in [0.15, 0.2) is 5.82 Å². The summed E-state index contributed by atoms with van der Waals surface area (Å²) in [5, 5.41) is 11.6. The van der Waals surface area contributed by atoms with Crippen molar-refractivity contribution in [2.24, 2.45) is 0 Å². The van der Waals surface area contributed by atoms with Crippen LogP contribution in [-0.4, -0.2) is 33.6 Å². The number of hydrogen-bond acceptors (Lipinski definition) is 6. The third kappa shape index (κ3) is 4.59. The average Bonchev–Trinajstić information content (AvgIpc) is 3.00. The van der Waals surface area contributed by atoms with Gasteiger partial charge in [-0.25, -0.2) is 4.68 Å². The number of nitrogens with zero attached hydrogens (tertiary/aromatic N) is 3. The van der Waals surface area contributed by atoms with E-state index in [1.54, 1.807) is 7.11 Å². The summed E-state index contributed by atoms with van der Waals surface area (Å²) in [6.07, 6.45) is 0. The number of nitrogen functional groups attached to an aromatic ring is 1. The van der Waals surface area contributed by atoms with Crippen LogP contribution in [0.15, 0.2) is 47.6 Å². The zero-order chi connectivity index (χ0) is 19.4. The SMILES string of the molecule is COc1ccc(-c2nnc(SCC(=O)Nc3cc(C)cc(C)c3)n2N)cc1. The molecule has 3 rings (SSSR count). The van der Waals surface area contributed by atoms with Gasteiger partial charge < -0.3 is 15.9 Å². The lowest BCUT2D eigenvalue weighted by Crippen LogP contribution is -2.16. The van der Waals surface area contributed by atoms with Gasteiger partial charge in [0.2, 0.25) is 11.1 Å². The lowest BCUT2D eigenvalue weighted by atomic mass is 10.1. The molecule has 0 aliphatic carbocycles. The first-order valence-electron chi connectivity index (χ1n) is 8.32. The molecule has 0 bridgehead atoms. The third-order valence-corrected chi connectivity index (χ3v) is 4.79. The van der Waals surface area contributed by atoms with Crippen LogP contribution in [0.25, 0.3) is 11.4 Å². The number of thioether (sulfide) groups is 1. The van der Waals surface area contributed by atoms with Crippen molar-refractivity contribution in [3.8, 4) is 17.1 Å². The van der Waals surface area contributed by atoms with Crippen molar-refractivity contribution in [2.75, 3.05) is 24.0 Å². The maximum Gasteiger partial charge on any atom is 0.234 e. The Labute approximate surface area is 161 Å². The molecule has 0 unspecified atom stereocenters. The molecule has 7 nitrogen and oxygen atoms in total. The standard InChI is InChI=1S/C19H21N5O2S/c1-12-8-13(2)10-15(9-12)21-17(25)11-27-19-23-22-18(24(19)20)14-4-6-16(26-3)7-5-14/h4-10H,11,20H2,1-3H3,(H,21,25). The molecule has 1 heterocycles. The second-order valence-electron chi connectivity index (χ2n) is 6.12. The van der Waals surface area contributed by atoms with E-state index in [4.69, 9.17) is 10.6 Å².